The van der Waals surface area contributed by atoms with Crippen molar-refractivity contribution in [2.45, 2.75) is 39.7 Å². The number of aryl methyl sites for hydroxylation is 1. The zero-order chi connectivity index (χ0) is 34.3. The Morgan fingerprint density at radius 1 is 1.08 bits per heavy atom. The third kappa shape index (κ3) is 5.99. The number of pyridine rings is 2. The number of hydrogen-bond acceptors (Lipinski definition) is 8. The molecule has 1 atom stereocenters. The van der Waals surface area contributed by atoms with Gasteiger partial charge in [-0.15, -0.1) is 0 Å². The van der Waals surface area contributed by atoms with E-state index in [0.29, 0.717) is 40.6 Å². The van der Waals surface area contributed by atoms with Crippen LogP contribution in [0.3, 0.4) is 0 Å². The molecule has 1 fully saturated rings. The SMILES string of the molecule is COc1ccc(Oc2cccc(-c3nc4c(cc3Cl)c(N3CCN(C(=O)O)C[C@@H]3C)nc(=O)n4-c3c(C)ccnc3C(C)C)c2F)cc1. The molecule has 0 unspecified atom stereocenters. The number of nitrogens with zero attached hydrogens (tertiary/aromatic N) is 6. The van der Waals surface area contributed by atoms with E-state index < -0.39 is 17.6 Å². The Morgan fingerprint density at radius 3 is 2.48 bits per heavy atom. The van der Waals surface area contributed by atoms with E-state index in [2.05, 4.69) is 9.97 Å². The van der Waals surface area contributed by atoms with Gasteiger partial charge in [-0.1, -0.05) is 31.5 Å². The summed E-state index contributed by atoms with van der Waals surface area (Å²) in [7, 11) is 1.55. The van der Waals surface area contributed by atoms with Gasteiger partial charge in [0.15, 0.2) is 17.2 Å². The fourth-order valence-electron chi connectivity index (χ4n) is 5.99. The first kappa shape index (κ1) is 32.7. The predicted octanol–water partition coefficient (Wildman–Crippen LogP) is 7.06. The quantitative estimate of drug-likeness (QED) is 0.194. The van der Waals surface area contributed by atoms with Crippen molar-refractivity contribution in [3.8, 4) is 34.2 Å². The van der Waals surface area contributed by atoms with Crippen molar-refractivity contribution in [3.05, 3.63) is 93.4 Å². The average molecular weight is 673 g/mol. The smallest absolute Gasteiger partial charge is 0.407 e. The molecule has 0 aliphatic carbocycles. The van der Waals surface area contributed by atoms with E-state index in [1.54, 1.807) is 61.8 Å². The van der Waals surface area contributed by atoms with Crippen molar-refractivity contribution >= 4 is 34.5 Å². The molecule has 4 heterocycles. The number of piperazine rings is 1. The maximum absolute atomic E-state index is 16.2. The van der Waals surface area contributed by atoms with Crippen LogP contribution < -0.4 is 20.1 Å². The molecule has 1 amide bonds. The van der Waals surface area contributed by atoms with Crippen LogP contribution in [0, 0.1) is 12.7 Å². The van der Waals surface area contributed by atoms with E-state index >= 15 is 4.39 Å². The number of hydrogen-bond donors (Lipinski definition) is 1. The van der Waals surface area contributed by atoms with Crippen molar-refractivity contribution in [3.63, 3.8) is 0 Å². The van der Waals surface area contributed by atoms with E-state index in [1.807, 2.05) is 32.6 Å². The molecule has 0 bridgehead atoms. The Hall–Kier alpha value is -5.23. The van der Waals surface area contributed by atoms with Crippen LogP contribution in [-0.2, 0) is 0 Å². The van der Waals surface area contributed by atoms with Crippen LogP contribution in [-0.4, -0.2) is 68.4 Å². The molecule has 0 radical (unpaired) electrons. The number of amides is 1. The van der Waals surface area contributed by atoms with Crippen molar-refractivity contribution in [2.75, 3.05) is 31.6 Å². The predicted molar refractivity (Wildman–Crippen MR) is 182 cm³/mol. The zero-order valence-corrected chi connectivity index (χ0v) is 27.8. The van der Waals surface area contributed by atoms with E-state index in [9.17, 15) is 14.7 Å². The minimum absolute atomic E-state index is 0.0428. The van der Waals surface area contributed by atoms with Crippen LogP contribution in [0.1, 0.15) is 37.9 Å². The molecule has 2 aromatic carbocycles. The van der Waals surface area contributed by atoms with E-state index in [0.717, 1.165) is 5.56 Å². The van der Waals surface area contributed by atoms with Crippen molar-refractivity contribution in [2.24, 2.45) is 0 Å². The van der Waals surface area contributed by atoms with Crippen molar-refractivity contribution in [1.82, 2.24) is 24.4 Å². The number of carbonyl (C=O) groups is 1. The van der Waals surface area contributed by atoms with Gasteiger partial charge < -0.3 is 24.4 Å². The maximum Gasteiger partial charge on any atom is 0.407 e. The molecule has 11 nitrogen and oxygen atoms in total. The molecule has 248 valence electrons. The lowest BCUT2D eigenvalue weighted by Crippen LogP contribution is -2.54. The van der Waals surface area contributed by atoms with Gasteiger partial charge in [-0.3, -0.25) is 4.98 Å². The lowest BCUT2D eigenvalue weighted by Gasteiger charge is -2.39. The largest absolute Gasteiger partial charge is 0.497 e. The number of anilines is 1. The van der Waals surface area contributed by atoms with Crippen LogP contribution >= 0.6 is 11.6 Å². The minimum Gasteiger partial charge on any atom is -0.497 e. The summed E-state index contributed by atoms with van der Waals surface area (Å²) in [6.45, 7) is 8.42. The summed E-state index contributed by atoms with van der Waals surface area (Å²) in [6.07, 6.45) is 0.671. The van der Waals surface area contributed by atoms with Gasteiger partial charge in [0, 0.05) is 37.4 Å². The van der Waals surface area contributed by atoms with Gasteiger partial charge in [-0.2, -0.15) is 4.98 Å². The van der Waals surface area contributed by atoms with E-state index in [-0.39, 0.29) is 52.7 Å². The van der Waals surface area contributed by atoms with Gasteiger partial charge >= 0.3 is 11.8 Å². The highest BCUT2D eigenvalue weighted by Crippen LogP contribution is 2.38. The standard InChI is InChI=1S/C35H34ClFN6O5/c1-19(2)29-31(20(3)13-14-38-29)43-33-25(32(40-34(43)44)42-16-15-41(35(45)46)18-21(42)4)17-26(36)30(39-33)24-7-6-8-27(28(24)37)48-23-11-9-22(47-5)10-12-23/h6-14,17,19,21H,15-16,18H2,1-5H3,(H,45,46)/t21-/m0/s1. The minimum atomic E-state index is -1.02. The summed E-state index contributed by atoms with van der Waals surface area (Å²) < 4.78 is 28.7. The molecule has 3 aromatic heterocycles. The lowest BCUT2D eigenvalue weighted by atomic mass is 10.0. The van der Waals surface area contributed by atoms with Crippen molar-refractivity contribution < 1.29 is 23.8 Å². The Morgan fingerprint density at radius 2 is 1.81 bits per heavy atom. The summed E-state index contributed by atoms with van der Waals surface area (Å²) in [6, 6.07) is 14.5. The third-order valence-electron chi connectivity index (χ3n) is 8.40. The van der Waals surface area contributed by atoms with E-state index in [4.69, 9.17) is 26.1 Å². The van der Waals surface area contributed by atoms with Crippen molar-refractivity contribution in [1.29, 1.82) is 0 Å². The van der Waals surface area contributed by atoms with Crippen LogP contribution in [0.4, 0.5) is 15.0 Å². The highest BCUT2D eigenvalue weighted by atomic mass is 35.5. The van der Waals surface area contributed by atoms with Crippen LogP contribution in [0.25, 0.3) is 28.0 Å². The first-order chi connectivity index (χ1) is 23.0. The molecule has 0 saturated carbocycles. The Balaban J connectivity index is 1.57. The fraction of sp³-hybridized carbons (Fsp3) is 0.286. The van der Waals surface area contributed by atoms with Crippen LogP contribution in [0.2, 0.25) is 5.02 Å². The molecular weight excluding hydrogens is 639 g/mol. The van der Waals surface area contributed by atoms with Gasteiger partial charge in [-0.25, -0.2) is 23.5 Å². The molecule has 6 rings (SSSR count). The molecule has 5 aromatic rings. The second-order valence-corrected chi connectivity index (χ2v) is 12.3. The number of ether oxygens (including phenoxy) is 2. The topological polar surface area (TPSA) is 123 Å². The summed E-state index contributed by atoms with van der Waals surface area (Å²) in [4.78, 5) is 43.0. The number of halogens is 2. The highest BCUT2D eigenvalue weighted by Gasteiger charge is 2.31. The van der Waals surface area contributed by atoms with Gasteiger partial charge in [-0.05, 0) is 73.9 Å². The monoisotopic (exact) mass is 672 g/mol. The summed E-state index contributed by atoms with van der Waals surface area (Å²) in [5.41, 5.74) is 1.73. The Labute approximate surface area is 281 Å². The average Bonchev–Trinajstić information content (AvgIpc) is 3.06. The number of methoxy groups -OCH3 is 1. The first-order valence-electron chi connectivity index (χ1n) is 15.4. The van der Waals surface area contributed by atoms with Gasteiger partial charge in [0.05, 0.1) is 34.6 Å². The third-order valence-corrected chi connectivity index (χ3v) is 8.69. The highest BCUT2D eigenvalue weighted by molar-refractivity contribution is 6.34. The Bertz CT molecular complexity index is 2090. The molecular formula is C35H34ClFN6O5. The first-order valence-corrected chi connectivity index (χ1v) is 15.8. The van der Waals surface area contributed by atoms with Crippen LogP contribution in [0.5, 0.6) is 17.2 Å². The summed E-state index contributed by atoms with van der Waals surface area (Å²) in [5, 5.41) is 10.1. The number of carboxylic acid groups (broad SMARTS) is 1. The normalized spacial score (nSPS) is 14.9. The summed E-state index contributed by atoms with van der Waals surface area (Å²) in [5.74, 6) is 0.560. The molecule has 1 saturated heterocycles. The molecule has 1 aliphatic heterocycles. The second-order valence-electron chi connectivity index (χ2n) is 11.9. The number of rotatable bonds is 7. The lowest BCUT2D eigenvalue weighted by molar-refractivity contribution is 0.136. The molecule has 1 aliphatic rings. The zero-order valence-electron chi connectivity index (χ0n) is 27.1. The Kier molecular flexibility index (Phi) is 8.93. The van der Waals surface area contributed by atoms with Gasteiger partial charge in [0.25, 0.3) is 0 Å². The second kappa shape index (κ2) is 13.1. The maximum atomic E-state index is 16.2. The van der Waals surface area contributed by atoms with Crippen LogP contribution in [0.15, 0.2) is 65.6 Å². The number of benzene rings is 2. The molecule has 1 N–H and O–H groups in total. The molecule has 13 heteroatoms. The molecule has 0 spiro atoms. The molecule has 48 heavy (non-hydrogen) atoms. The summed E-state index contributed by atoms with van der Waals surface area (Å²) >= 11 is 6.90. The van der Waals surface area contributed by atoms with Gasteiger partial charge in [0.2, 0.25) is 0 Å². The number of fused-ring (bicyclic) bond motifs is 1. The van der Waals surface area contributed by atoms with Gasteiger partial charge in [0.1, 0.15) is 17.3 Å². The number of aromatic nitrogens is 4. The van der Waals surface area contributed by atoms with E-state index in [1.165, 1.54) is 15.5 Å². The fourth-order valence-corrected chi connectivity index (χ4v) is 6.24.